The van der Waals surface area contributed by atoms with Crippen molar-refractivity contribution in [3.05, 3.63) is 88.2 Å². The van der Waals surface area contributed by atoms with Crippen LogP contribution in [-0.2, 0) is 16.0 Å². The fourth-order valence-corrected chi connectivity index (χ4v) is 4.23. The van der Waals surface area contributed by atoms with Crippen molar-refractivity contribution < 1.29 is 24.2 Å². The number of nitrogens with zero attached hydrogens (tertiary/aromatic N) is 2. The molecule has 8 heteroatoms. The van der Waals surface area contributed by atoms with Crippen molar-refractivity contribution in [1.82, 2.24) is 4.98 Å². The first-order chi connectivity index (χ1) is 16.4. The number of anilines is 1. The number of halogens is 1. The van der Waals surface area contributed by atoms with Crippen molar-refractivity contribution in [2.45, 2.75) is 19.4 Å². The van der Waals surface area contributed by atoms with Gasteiger partial charge in [0.25, 0.3) is 11.7 Å². The molecule has 2 aromatic carbocycles. The zero-order valence-electron chi connectivity index (χ0n) is 18.9. The molecule has 1 amide bonds. The van der Waals surface area contributed by atoms with E-state index in [4.69, 9.17) is 21.1 Å². The molecule has 1 aliphatic rings. The number of Topliss-reactive ketones (excluding diaryl/α,β-unsaturated/α-hetero) is 1. The number of aliphatic hydroxyl groups excluding tert-OH is 1. The van der Waals surface area contributed by atoms with Crippen LogP contribution < -0.4 is 14.4 Å². The Morgan fingerprint density at radius 1 is 1.06 bits per heavy atom. The molecule has 1 aromatic heterocycles. The second-order valence-electron chi connectivity index (χ2n) is 7.63. The Kier molecular flexibility index (Phi) is 6.56. The van der Waals surface area contributed by atoms with Gasteiger partial charge in [-0.25, -0.2) is 0 Å². The Morgan fingerprint density at radius 2 is 1.76 bits per heavy atom. The summed E-state index contributed by atoms with van der Waals surface area (Å²) in [6.45, 7) is 2.03. The maximum absolute atomic E-state index is 13.3. The highest BCUT2D eigenvalue weighted by Crippen LogP contribution is 2.44. The van der Waals surface area contributed by atoms with Gasteiger partial charge in [-0.3, -0.25) is 19.5 Å². The largest absolute Gasteiger partial charge is 0.507 e. The third-order valence-corrected chi connectivity index (χ3v) is 6.06. The maximum atomic E-state index is 13.3. The zero-order chi connectivity index (χ0) is 24.4. The van der Waals surface area contributed by atoms with Gasteiger partial charge < -0.3 is 14.6 Å². The van der Waals surface area contributed by atoms with E-state index >= 15 is 0 Å². The summed E-state index contributed by atoms with van der Waals surface area (Å²) < 4.78 is 10.7. The number of amides is 1. The molecule has 1 unspecified atom stereocenters. The van der Waals surface area contributed by atoms with Gasteiger partial charge in [-0.15, -0.1) is 0 Å². The lowest BCUT2D eigenvalue weighted by atomic mass is 9.97. The van der Waals surface area contributed by atoms with Crippen LogP contribution in [0.2, 0.25) is 5.02 Å². The third kappa shape index (κ3) is 3.99. The Bertz CT molecular complexity index is 1270. The molecular formula is C26H23ClN2O5. The second-order valence-corrected chi connectivity index (χ2v) is 8.04. The number of aliphatic hydroxyl groups is 1. The lowest BCUT2D eigenvalue weighted by Crippen LogP contribution is -2.29. The normalized spacial score (nSPS) is 17.2. The van der Waals surface area contributed by atoms with Crippen LogP contribution in [0.15, 0.2) is 66.4 Å². The van der Waals surface area contributed by atoms with Gasteiger partial charge >= 0.3 is 0 Å². The van der Waals surface area contributed by atoms with Crippen LogP contribution in [-0.4, -0.2) is 36.0 Å². The van der Waals surface area contributed by atoms with E-state index in [0.717, 1.165) is 12.0 Å². The zero-order valence-corrected chi connectivity index (χ0v) is 19.7. The first-order valence-electron chi connectivity index (χ1n) is 10.6. The number of carbonyl (C=O) groups excluding carboxylic acids is 2. The van der Waals surface area contributed by atoms with Crippen LogP contribution in [0.1, 0.15) is 29.8 Å². The van der Waals surface area contributed by atoms with Crippen LogP contribution >= 0.6 is 11.6 Å². The van der Waals surface area contributed by atoms with Gasteiger partial charge in [-0.2, -0.15) is 0 Å². The predicted octanol–water partition coefficient (Wildman–Crippen LogP) is 4.94. The summed E-state index contributed by atoms with van der Waals surface area (Å²) >= 11 is 6.21. The SMILES string of the molecule is CCc1ccc(N2C(=O)C(=O)/C(=C(/O)c3cc(OC)c(Cl)cc3OC)C2c2ccccn2)cc1. The van der Waals surface area contributed by atoms with E-state index in [1.54, 1.807) is 36.5 Å². The van der Waals surface area contributed by atoms with Gasteiger partial charge in [0.15, 0.2) is 0 Å². The number of ketones is 1. The van der Waals surface area contributed by atoms with Crippen molar-refractivity contribution in [1.29, 1.82) is 0 Å². The van der Waals surface area contributed by atoms with Crippen LogP contribution in [0.4, 0.5) is 5.69 Å². The van der Waals surface area contributed by atoms with Crippen molar-refractivity contribution in [3.63, 3.8) is 0 Å². The number of methoxy groups -OCH3 is 2. The van der Waals surface area contributed by atoms with Gasteiger partial charge in [-0.1, -0.05) is 36.7 Å². The van der Waals surface area contributed by atoms with Crippen molar-refractivity contribution in [2.24, 2.45) is 0 Å². The molecule has 4 rings (SSSR count). The summed E-state index contributed by atoms with van der Waals surface area (Å²) in [5, 5.41) is 11.7. The van der Waals surface area contributed by atoms with Crippen LogP contribution in [0.25, 0.3) is 5.76 Å². The van der Waals surface area contributed by atoms with E-state index in [1.807, 2.05) is 19.1 Å². The third-order valence-electron chi connectivity index (χ3n) is 5.76. The molecule has 1 aliphatic heterocycles. The molecule has 1 N–H and O–H groups in total. The number of carbonyl (C=O) groups is 2. The average Bonchev–Trinajstić information content (AvgIpc) is 3.14. The number of benzene rings is 2. The number of hydrogen-bond donors (Lipinski definition) is 1. The molecule has 3 aromatic rings. The van der Waals surface area contributed by atoms with Crippen molar-refractivity contribution in [3.8, 4) is 11.5 Å². The lowest BCUT2D eigenvalue weighted by Gasteiger charge is -2.25. The quantitative estimate of drug-likeness (QED) is 0.306. The summed E-state index contributed by atoms with van der Waals surface area (Å²) in [5.41, 5.74) is 2.11. The number of ether oxygens (including phenoxy) is 2. The summed E-state index contributed by atoms with van der Waals surface area (Å²) in [6.07, 6.45) is 2.41. The van der Waals surface area contributed by atoms with E-state index < -0.39 is 23.5 Å². The molecular weight excluding hydrogens is 456 g/mol. The van der Waals surface area contributed by atoms with E-state index in [0.29, 0.717) is 11.4 Å². The molecule has 0 aliphatic carbocycles. The number of pyridine rings is 1. The Labute approximate surface area is 202 Å². The van der Waals surface area contributed by atoms with Gasteiger partial charge in [0.1, 0.15) is 23.3 Å². The first kappa shape index (κ1) is 23.3. The molecule has 1 fully saturated rings. The molecule has 174 valence electrons. The lowest BCUT2D eigenvalue weighted by molar-refractivity contribution is -0.132. The summed E-state index contributed by atoms with van der Waals surface area (Å²) in [7, 11) is 2.85. The van der Waals surface area contributed by atoms with Crippen LogP contribution in [0, 0.1) is 0 Å². The molecule has 34 heavy (non-hydrogen) atoms. The number of hydrogen-bond acceptors (Lipinski definition) is 6. The molecule has 1 saturated heterocycles. The monoisotopic (exact) mass is 478 g/mol. The van der Waals surface area contributed by atoms with Crippen LogP contribution in [0.3, 0.4) is 0 Å². The minimum Gasteiger partial charge on any atom is -0.507 e. The maximum Gasteiger partial charge on any atom is 0.300 e. The summed E-state index contributed by atoms with van der Waals surface area (Å²) in [6, 6.07) is 14.6. The van der Waals surface area contributed by atoms with E-state index in [1.165, 1.54) is 31.3 Å². The standard InChI is InChI=1S/C26H23ClN2O5/c1-4-15-8-10-16(11-9-15)29-23(19-7-5-6-12-28-19)22(25(31)26(29)32)24(30)17-13-21(34-3)18(27)14-20(17)33-2/h5-14,23,30H,4H2,1-3H3/b24-22+. The van der Waals surface area contributed by atoms with Crippen molar-refractivity contribution >= 4 is 34.7 Å². The van der Waals surface area contributed by atoms with Gasteiger partial charge in [0.05, 0.1) is 36.1 Å². The number of aryl methyl sites for hydroxylation is 1. The smallest absolute Gasteiger partial charge is 0.300 e. The molecule has 7 nitrogen and oxygen atoms in total. The molecule has 1 atom stereocenters. The molecule has 0 spiro atoms. The summed E-state index contributed by atoms with van der Waals surface area (Å²) in [4.78, 5) is 32.3. The van der Waals surface area contributed by atoms with Crippen molar-refractivity contribution in [2.75, 3.05) is 19.1 Å². The van der Waals surface area contributed by atoms with E-state index in [9.17, 15) is 14.7 Å². The predicted molar refractivity (Wildman–Crippen MR) is 129 cm³/mol. The Morgan fingerprint density at radius 3 is 2.35 bits per heavy atom. The Hall–Kier alpha value is -3.84. The highest BCUT2D eigenvalue weighted by Gasteiger charge is 2.48. The fourth-order valence-electron chi connectivity index (χ4n) is 4.00. The Balaban J connectivity index is 1.96. The summed E-state index contributed by atoms with van der Waals surface area (Å²) in [5.74, 6) is -1.50. The molecule has 0 radical (unpaired) electrons. The highest BCUT2D eigenvalue weighted by molar-refractivity contribution is 6.51. The van der Waals surface area contributed by atoms with E-state index in [-0.39, 0.29) is 27.7 Å². The minimum absolute atomic E-state index is 0.106. The van der Waals surface area contributed by atoms with Gasteiger partial charge in [-0.05, 0) is 42.3 Å². The molecule has 0 bridgehead atoms. The van der Waals surface area contributed by atoms with Gasteiger partial charge in [0, 0.05) is 18.0 Å². The number of aromatic nitrogens is 1. The fraction of sp³-hybridized carbons (Fsp3) is 0.192. The van der Waals surface area contributed by atoms with Gasteiger partial charge in [0.2, 0.25) is 0 Å². The minimum atomic E-state index is -0.944. The van der Waals surface area contributed by atoms with Crippen LogP contribution in [0.5, 0.6) is 11.5 Å². The highest BCUT2D eigenvalue weighted by atomic mass is 35.5. The molecule has 2 heterocycles. The average molecular weight is 479 g/mol. The first-order valence-corrected chi connectivity index (χ1v) is 11.0. The molecule has 0 saturated carbocycles. The number of rotatable bonds is 6. The second kappa shape index (κ2) is 9.57. The van der Waals surface area contributed by atoms with E-state index in [2.05, 4.69) is 4.98 Å². The topological polar surface area (TPSA) is 89.0 Å².